The van der Waals surface area contributed by atoms with Crippen molar-refractivity contribution in [2.45, 2.75) is 41.5 Å². The van der Waals surface area contributed by atoms with E-state index >= 15 is 0 Å². The molecule has 0 aliphatic carbocycles. The number of rotatable bonds is 6. The van der Waals surface area contributed by atoms with Gasteiger partial charge in [0.1, 0.15) is 0 Å². The molecule has 0 bridgehead atoms. The molecular formula is C60H46N4. The van der Waals surface area contributed by atoms with Gasteiger partial charge in [-0.25, -0.2) is 0 Å². The van der Waals surface area contributed by atoms with E-state index < -0.39 is 0 Å². The van der Waals surface area contributed by atoms with E-state index in [1.807, 2.05) is 0 Å². The maximum Gasteiger partial charge on any atom is 0.0641 e. The molecule has 306 valence electrons. The highest BCUT2D eigenvalue weighted by Crippen LogP contribution is 2.51. The van der Waals surface area contributed by atoms with E-state index in [0.717, 1.165) is 0 Å². The molecule has 0 spiro atoms. The molecule has 0 unspecified atom stereocenters. The number of para-hydroxylation sites is 4. The largest absolute Gasteiger partial charge is 0.310 e. The van der Waals surface area contributed by atoms with Crippen molar-refractivity contribution < 1.29 is 0 Å². The predicted octanol–water partition coefficient (Wildman–Crippen LogP) is 16.8. The van der Waals surface area contributed by atoms with Gasteiger partial charge in [-0.2, -0.15) is 0 Å². The van der Waals surface area contributed by atoms with Crippen LogP contribution in [0.15, 0.2) is 170 Å². The molecule has 0 aliphatic heterocycles. The summed E-state index contributed by atoms with van der Waals surface area (Å²) in [7, 11) is 0. The predicted molar refractivity (Wildman–Crippen MR) is 274 cm³/mol. The Balaban J connectivity index is 1.13. The molecule has 13 rings (SSSR count). The Labute approximate surface area is 372 Å². The third-order valence-electron chi connectivity index (χ3n) is 13.9. The minimum Gasteiger partial charge on any atom is -0.310 e. The quantitative estimate of drug-likeness (QED) is 0.166. The van der Waals surface area contributed by atoms with Crippen LogP contribution in [-0.2, 0) is 0 Å². The maximum absolute atomic E-state index is 2.55. The van der Waals surface area contributed by atoms with E-state index in [1.54, 1.807) is 0 Å². The van der Waals surface area contributed by atoms with Gasteiger partial charge in [-0.15, -0.1) is 0 Å². The summed E-state index contributed by atoms with van der Waals surface area (Å²) in [5, 5.41) is 10.1. The summed E-state index contributed by atoms with van der Waals surface area (Å²) in [6.07, 6.45) is 0. The van der Waals surface area contributed by atoms with Gasteiger partial charge in [-0.3, -0.25) is 0 Å². The third kappa shape index (κ3) is 5.05. The molecule has 0 atom stereocenters. The van der Waals surface area contributed by atoms with Gasteiger partial charge in [0, 0.05) is 65.8 Å². The number of aryl methyl sites for hydroxylation is 6. The van der Waals surface area contributed by atoms with Crippen LogP contribution >= 0.6 is 0 Å². The van der Waals surface area contributed by atoms with Crippen LogP contribution in [0.2, 0.25) is 0 Å². The average Bonchev–Trinajstić information content (AvgIpc) is 4.01. The molecule has 0 radical (unpaired) electrons. The van der Waals surface area contributed by atoms with Gasteiger partial charge in [0.05, 0.1) is 44.5 Å². The highest BCUT2D eigenvalue weighted by atomic mass is 15.2. The highest BCUT2D eigenvalue weighted by molar-refractivity contribution is 6.32. The van der Waals surface area contributed by atoms with Crippen LogP contribution in [0, 0.1) is 41.5 Å². The summed E-state index contributed by atoms with van der Waals surface area (Å²) in [5.41, 5.74) is 22.0. The molecule has 9 aromatic carbocycles. The van der Waals surface area contributed by atoms with Crippen molar-refractivity contribution in [2.24, 2.45) is 0 Å². The molecular weight excluding hydrogens is 777 g/mol. The second-order valence-corrected chi connectivity index (χ2v) is 18.2. The fraction of sp³-hybridized carbons (Fsp3) is 0.100. The lowest BCUT2D eigenvalue weighted by Crippen LogP contribution is -2.12. The number of hydrogen-bond acceptors (Lipinski definition) is 2. The lowest BCUT2D eigenvalue weighted by molar-refractivity contribution is 1.24. The Hall–Kier alpha value is -7.82. The molecule has 0 aliphatic rings. The Kier molecular flexibility index (Phi) is 7.67. The minimum atomic E-state index is 1.17. The minimum absolute atomic E-state index is 1.17. The molecule has 4 heteroatoms. The Bertz CT molecular complexity index is 3750. The zero-order valence-corrected chi connectivity index (χ0v) is 37.0. The second kappa shape index (κ2) is 13.3. The highest BCUT2D eigenvalue weighted by Gasteiger charge is 2.28. The summed E-state index contributed by atoms with van der Waals surface area (Å²) in [5.74, 6) is 0. The van der Waals surface area contributed by atoms with E-state index in [2.05, 4.69) is 230 Å². The number of hydrogen-bond donors (Lipinski definition) is 0. The monoisotopic (exact) mass is 822 g/mol. The van der Waals surface area contributed by atoms with Crippen LogP contribution in [0.4, 0.5) is 34.1 Å². The van der Waals surface area contributed by atoms with Crippen molar-refractivity contribution in [1.82, 2.24) is 8.80 Å². The first-order valence-electron chi connectivity index (χ1n) is 22.4. The van der Waals surface area contributed by atoms with Gasteiger partial charge in [-0.05, 0) is 148 Å². The number of aromatic nitrogens is 2. The van der Waals surface area contributed by atoms with Crippen molar-refractivity contribution in [3.05, 3.63) is 203 Å². The van der Waals surface area contributed by atoms with E-state index in [0.29, 0.717) is 0 Å². The van der Waals surface area contributed by atoms with Crippen molar-refractivity contribution in [1.29, 1.82) is 0 Å². The van der Waals surface area contributed by atoms with Crippen LogP contribution in [0.5, 0.6) is 0 Å². The topological polar surface area (TPSA) is 15.3 Å². The van der Waals surface area contributed by atoms with E-state index in [-0.39, 0.29) is 0 Å². The van der Waals surface area contributed by atoms with Crippen LogP contribution in [0.25, 0.3) is 76.2 Å². The molecule has 64 heavy (non-hydrogen) atoms. The smallest absolute Gasteiger partial charge is 0.0641 e. The van der Waals surface area contributed by atoms with E-state index in [9.17, 15) is 0 Å². The molecule has 0 fully saturated rings. The fourth-order valence-electron chi connectivity index (χ4n) is 11.4. The van der Waals surface area contributed by atoms with Gasteiger partial charge in [0.25, 0.3) is 0 Å². The first-order valence-corrected chi connectivity index (χ1v) is 22.4. The summed E-state index contributed by atoms with van der Waals surface area (Å²) in [4.78, 5) is 4.98. The normalized spacial score (nSPS) is 12.2. The molecule has 0 amide bonds. The number of benzene rings is 9. The summed E-state index contributed by atoms with van der Waals surface area (Å²) in [6.45, 7) is 13.3. The maximum atomic E-state index is 2.55. The van der Waals surface area contributed by atoms with Gasteiger partial charge >= 0.3 is 0 Å². The molecule has 0 N–H and O–H groups in total. The second-order valence-electron chi connectivity index (χ2n) is 18.2. The Morgan fingerprint density at radius 3 is 1.08 bits per heavy atom. The van der Waals surface area contributed by atoms with Crippen molar-refractivity contribution in [3.63, 3.8) is 0 Å². The molecule has 4 aromatic heterocycles. The number of anilines is 6. The first kappa shape index (κ1) is 36.8. The lowest BCUT2D eigenvalue weighted by atomic mass is 10.0. The van der Waals surface area contributed by atoms with Crippen LogP contribution < -0.4 is 9.80 Å². The van der Waals surface area contributed by atoms with E-state index in [4.69, 9.17) is 0 Å². The first-order chi connectivity index (χ1) is 31.2. The fourth-order valence-corrected chi connectivity index (χ4v) is 11.4. The zero-order valence-electron chi connectivity index (χ0n) is 37.0. The Morgan fingerprint density at radius 1 is 0.297 bits per heavy atom. The van der Waals surface area contributed by atoms with Crippen LogP contribution in [-0.4, -0.2) is 8.80 Å². The molecule has 4 nitrogen and oxygen atoms in total. The van der Waals surface area contributed by atoms with Gasteiger partial charge < -0.3 is 18.6 Å². The van der Waals surface area contributed by atoms with Crippen molar-refractivity contribution >= 4 is 110 Å². The van der Waals surface area contributed by atoms with Gasteiger partial charge in [0.15, 0.2) is 0 Å². The molecule has 0 saturated heterocycles. The number of fused-ring (bicyclic) bond motifs is 12. The molecule has 4 heterocycles. The zero-order chi connectivity index (χ0) is 43.1. The SMILES string of the molecule is Cc1cc(C)cc(N(c2ccccc2C)c2ccc3c4cc5c(cc4n4c6ccccc6c2c34)c2ccc(N(c3cc(C)cc(C)c3)c3ccccc3C)c3c4ccccc4n5c23)c1. The summed E-state index contributed by atoms with van der Waals surface area (Å²) >= 11 is 0. The molecule has 0 saturated carbocycles. The Morgan fingerprint density at radius 2 is 0.672 bits per heavy atom. The number of nitrogens with zero attached hydrogens (tertiary/aromatic N) is 4. The lowest BCUT2D eigenvalue weighted by Gasteiger charge is -2.28. The average molecular weight is 823 g/mol. The summed E-state index contributed by atoms with van der Waals surface area (Å²) in [6, 6.07) is 63.9. The molecule has 13 aromatic rings. The standard InChI is InChI=1S/C60H46N4/c1-35-27-36(2)30-41(29-35)61(49-19-11-7-15-39(49)5)53-25-23-43-47-33-56-48(34-55(47)63-51-21-13-9-17-45(51)57(53)59(43)63)44-24-26-54(58-46-18-10-14-22-52(46)64(56)60(44)58)62(50-20-12-8-16-40(50)6)42-31-37(3)28-38(4)32-42/h7-34H,1-6H3. The van der Waals surface area contributed by atoms with Crippen LogP contribution in [0.3, 0.4) is 0 Å². The van der Waals surface area contributed by atoms with Gasteiger partial charge in [0.2, 0.25) is 0 Å². The van der Waals surface area contributed by atoms with Crippen molar-refractivity contribution in [2.75, 3.05) is 9.80 Å². The summed E-state index contributed by atoms with van der Waals surface area (Å²) < 4.78 is 5.10. The van der Waals surface area contributed by atoms with Crippen LogP contribution in [0.1, 0.15) is 33.4 Å². The third-order valence-corrected chi connectivity index (χ3v) is 13.9. The van der Waals surface area contributed by atoms with Gasteiger partial charge in [-0.1, -0.05) is 97.1 Å². The van der Waals surface area contributed by atoms with E-state index in [1.165, 1.54) is 144 Å². The van der Waals surface area contributed by atoms with Crippen molar-refractivity contribution in [3.8, 4) is 0 Å².